The van der Waals surface area contributed by atoms with Gasteiger partial charge in [0.2, 0.25) is 0 Å². The predicted octanol–water partition coefficient (Wildman–Crippen LogP) is 8.01. The van der Waals surface area contributed by atoms with Gasteiger partial charge in [-0.2, -0.15) is 0 Å². The largest absolute Gasteiger partial charge is 0.469 e. The second-order valence-electron chi connectivity index (χ2n) is 10.7. The van der Waals surface area contributed by atoms with Crippen molar-refractivity contribution in [2.24, 2.45) is 5.92 Å². The lowest BCUT2D eigenvalue weighted by Crippen LogP contribution is -2.43. The van der Waals surface area contributed by atoms with Crippen LogP contribution in [-0.2, 0) is 18.8 Å². The van der Waals surface area contributed by atoms with E-state index in [1.807, 2.05) is 6.26 Å². The zero-order valence-electron chi connectivity index (χ0n) is 22.9. The van der Waals surface area contributed by atoms with E-state index < -0.39 is 8.32 Å². The number of ether oxygens (including phenoxy) is 1. The lowest BCUT2D eigenvalue weighted by molar-refractivity contribution is -0.140. The minimum atomic E-state index is -1.89. The summed E-state index contributed by atoms with van der Waals surface area (Å²) in [4.78, 5) is 25.0. The molecular formula is C28H48O4SSi. The molecule has 1 aliphatic carbocycles. The Labute approximate surface area is 214 Å². The first-order valence-corrected chi connectivity index (χ1v) is 17.0. The van der Waals surface area contributed by atoms with E-state index in [1.54, 1.807) is 0 Å². The third-order valence-corrected chi connectivity index (χ3v) is 12.2. The van der Waals surface area contributed by atoms with Crippen LogP contribution in [0.5, 0.6) is 0 Å². The van der Waals surface area contributed by atoms with Gasteiger partial charge in [0.05, 0.1) is 18.1 Å². The van der Waals surface area contributed by atoms with Gasteiger partial charge in [-0.1, -0.05) is 77.7 Å². The molecule has 6 heteroatoms. The fourth-order valence-corrected chi connectivity index (χ4v) is 5.60. The van der Waals surface area contributed by atoms with Crippen LogP contribution in [0.1, 0.15) is 85.5 Å². The smallest absolute Gasteiger partial charge is 0.305 e. The summed E-state index contributed by atoms with van der Waals surface area (Å²) in [6, 6.07) is 0. The van der Waals surface area contributed by atoms with E-state index in [2.05, 4.69) is 65.1 Å². The van der Waals surface area contributed by atoms with Crippen molar-refractivity contribution in [2.45, 2.75) is 110 Å². The normalized spacial score (nSPS) is 19.2. The van der Waals surface area contributed by atoms with Crippen LogP contribution >= 0.6 is 11.8 Å². The van der Waals surface area contributed by atoms with Crippen LogP contribution in [0.2, 0.25) is 18.1 Å². The van der Waals surface area contributed by atoms with Crippen molar-refractivity contribution in [2.75, 3.05) is 13.4 Å². The van der Waals surface area contributed by atoms with Gasteiger partial charge in [0.15, 0.2) is 14.1 Å². The summed E-state index contributed by atoms with van der Waals surface area (Å²) < 4.78 is 11.5. The molecule has 2 atom stereocenters. The molecule has 0 bridgehead atoms. The number of carbonyl (C=O) groups is 2. The monoisotopic (exact) mass is 508 g/mol. The molecule has 0 aromatic heterocycles. The highest BCUT2D eigenvalue weighted by molar-refractivity contribution is 8.03. The van der Waals surface area contributed by atoms with Crippen LogP contribution in [0.4, 0.5) is 0 Å². The average molecular weight is 509 g/mol. The molecule has 0 N–H and O–H groups in total. The first-order chi connectivity index (χ1) is 16.0. The molecule has 34 heavy (non-hydrogen) atoms. The average Bonchev–Trinajstić information content (AvgIpc) is 3.07. The van der Waals surface area contributed by atoms with Gasteiger partial charge in [-0.25, -0.2) is 0 Å². The molecule has 0 radical (unpaired) electrons. The molecule has 4 nitrogen and oxygen atoms in total. The number of unbranched alkanes of at least 4 members (excludes halogenated alkanes) is 5. The van der Waals surface area contributed by atoms with Gasteiger partial charge >= 0.3 is 5.97 Å². The van der Waals surface area contributed by atoms with Crippen molar-refractivity contribution < 1.29 is 18.8 Å². The van der Waals surface area contributed by atoms with E-state index in [9.17, 15) is 9.59 Å². The molecule has 0 heterocycles. The van der Waals surface area contributed by atoms with Gasteiger partial charge in [-0.3, -0.25) is 9.59 Å². The molecule has 0 fully saturated rings. The van der Waals surface area contributed by atoms with E-state index >= 15 is 0 Å². The summed E-state index contributed by atoms with van der Waals surface area (Å²) in [5.41, 5.74) is 0.883. The second kappa shape index (κ2) is 15.1. The molecule has 0 aromatic carbocycles. The van der Waals surface area contributed by atoms with Gasteiger partial charge < -0.3 is 9.16 Å². The molecule has 194 valence electrons. The molecule has 0 saturated carbocycles. The van der Waals surface area contributed by atoms with Gasteiger partial charge in [0, 0.05) is 17.9 Å². The van der Waals surface area contributed by atoms with Crippen LogP contribution in [0.25, 0.3) is 0 Å². The number of ketones is 1. The first kappa shape index (κ1) is 30.9. The molecule has 0 spiro atoms. The van der Waals surface area contributed by atoms with E-state index in [4.69, 9.17) is 9.16 Å². The summed E-state index contributed by atoms with van der Waals surface area (Å²) in [5, 5.41) is 0.165. The topological polar surface area (TPSA) is 52.6 Å². The van der Waals surface area contributed by atoms with Crippen molar-refractivity contribution in [1.82, 2.24) is 0 Å². The van der Waals surface area contributed by atoms with Crippen LogP contribution in [0, 0.1) is 5.92 Å². The number of hydrogen-bond acceptors (Lipinski definition) is 5. The fraction of sp³-hybridized carbons (Fsp3) is 0.714. The Morgan fingerprint density at radius 1 is 1.18 bits per heavy atom. The third-order valence-electron chi connectivity index (χ3n) is 6.95. The third kappa shape index (κ3) is 10.2. The highest BCUT2D eigenvalue weighted by Crippen LogP contribution is 2.38. The fourth-order valence-electron chi connectivity index (χ4n) is 3.71. The van der Waals surface area contributed by atoms with Crippen molar-refractivity contribution in [3.63, 3.8) is 0 Å². The molecule has 0 aromatic rings. The Balaban J connectivity index is 2.90. The van der Waals surface area contributed by atoms with Gasteiger partial charge in [0.25, 0.3) is 0 Å². The summed E-state index contributed by atoms with van der Waals surface area (Å²) in [6.07, 6.45) is 19.3. The Hall–Kier alpha value is -1.11. The second-order valence-corrected chi connectivity index (χ2v) is 16.3. The number of allylic oxidation sites excluding steroid dienone is 5. The summed E-state index contributed by atoms with van der Waals surface area (Å²) in [6.45, 7) is 13.7. The quantitative estimate of drug-likeness (QED) is 0.0737. The van der Waals surface area contributed by atoms with Crippen molar-refractivity contribution in [3.05, 3.63) is 34.8 Å². The lowest BCUT2D eigenvalue weighted by atomic mass is 9.98. The van der Waals surface area contributed by atoms with Crippen molar-refractivity contribution in [1.29, 1.82) is 0 Å². The molecule has 2 unspecified atom stereocenters. The standard InChI is InChI=1S/C28H48O4SSi/c1-9-10-13-16-23(32-34(7,8)28(2,3)4)20-19-22-21-25(33-6)27(30)24(22)17-14-11-12-15-18-26(29)31-5/h17,19-23H,9-16,18H2,1-8H3. The molecular weight excluding hydrogens is 460 g/mol. The maximum Gasteiger partial charge on any atom is 0.305 e. The molecule has 1 aliphatic rings. The zero-order chi connectivity index (χ0) is 25.8. The number of methoxy groups -OCH3 is 1. The minimum absolute atomic E-state index is 0.0155. The lowest BCUT2D eigenvalue weighted by Gasteiger charge is -2.38. The Morgan fingerprint density at radius 2 is 1.88 bits per heavy atom. The summed E-state index contributed by atoms with van der Waals surface area (Å²) in [7, 11) is -0.461. The minimum Gasteiger partial charge on any atom is -0.469 e. The van der Waals surface area contributed by atoms with Crippen LogP contribution < -0.4 is 0 Å². The van der Waals surface area contributed by atoms with E-state index in [-0.39, 0.29) is 28.8 Å². The van der Waals surface area contributed by atoms with Crippen LogP contribution in [0.3, 0.4) is 0 Å². The zero-order valence-corrected chi connectivity index (χ0v) is 24.7. The van der Waals surface area contributed by atoms with Crippen molar-refractivity contribution in [3.8, 4) is 0 Å². The summed E-state index contributed by atoms with van der Waals surface area (Å²) >= 11 is 1.53. The number of Topliss-reactive ketones (excluding diaryl/α,β-unsaturated/α-hetero) is 1. The van der Waals surface area contributed by atoms with Crippen LogP contribution in [0.15, 0.2) is 34.8 Å². The molecule has 1 rings (SSSR count). The van der Waals surface area contributed by atoms with Crippen LogP contribution in [-0.4, -0.2) is 39.5 Å². The summed E-state index contributed by atoms with van der Waals surface area (Å²) in [5.74, 6) is 0.0167. The van der Waals surface area contributed by atoms with Gasteiger partial charge in [-0.05, 0) is 50.1 Å². The van der Waals surface area contributed by atoms with Crippen molar-refractivity contribution >= 4 is 31.8 Å². The molecule has 0 saturated heterocycles. The highest BCUT2D eigenvalue weighted by atomic mass is 32.2. The number of esters is 1. The Bertz CT molecular complexity index is 746. The predicted molar refractivity (Wildman–Crippen MR) is 149 cm³/mol. The van der Waals surface area contributed by atoms with E-state index in [0.717, 1.165) is 49.0 Å². The van der Waals surface area contributed by atoms with E-state index in [0.29, 0.717) is 6.42 Å². The maximum atomic E-state index is 12.9. The molecule has 0 amide bonds. The number of carbonyl (C=O) groups excluding carboxylic acids is 2. The number of thioether (sulfide) groups is 1. The maximum absolute atomic E-state index is 12.9. The highest BCUT2D eigenvalue weighted by Gasteiger charge is 2.38. The van der Waals surface area contributed by atoms with Gasteiger partial charge in [-0.15, -0.1) is 11.8 Å². The van der Waals surface area contributed by atoms with E-state index in [1.165, 1.54) is 31.7 Å². The first-order valence-electron chi connectivity index (χ1n) is 12.9. The number of rotatable bonds is 15. The Kier molecular flexibility index (Phi) is 13.7. The Morgan fingerprint density at radius 3 is 2.47 bits per heavy atom. The SMILES string of the molecule is CCCCCC(C=CC1C=C(SC)C(=O)C1=CCCCCCC(=O)OC)O[Si](C)(C)C(C)(C)C. The number of hydrogen-bond donors (Lipinski definition) is 0. The van der Waals surface area contributed by atoms with Gasteiger partial charge in [0.1, 0.15) is 0 Å². The molecule has 0 aliphatic heterocycles.